The Balaban J connectivity index is 2.17. The Kier molecular flexibility index (Phi) is 1.15. The molecule has 0 saturated heterocycles. The number of amides is 1. The van der Waals surface area contributed by atoms with Gasteiger partial charge in [0, 0.05) is 17.5 Å². The summed E-state index contributed by atoms with van der Waals surface area (Å²) < 4.78 is 0. The lowest BCUT2D eigenvalue weighted by molar-refractivity contribution is 0.0943. The van der Waals surface area contributed by atoms with Crippen LogP contribution in [0.5, 0.6) is 0 Å². The van der Waals surface area contributed by atoms with Gasteiger partial charge < -0.3 is 11.1 Å². The van der Waals surface area contributed by atoms with Gasteiger partial charge in [0.05, 0.1) is 6.04 Å². The minimum absolute atomic E-state index is 0.0183. The van der Waals surface area contributed by atoms with E-state index < -0.39 is 0 Å². The fourth-order valence-corrected chi connectivity index (χ4v) is 2.14. The summed E-state index contributed by atoms with van der Waals surface area (Å²) in [6.07, 6.45) is 0. The van der Waals surface area contributed by atoms with Crippen LogP contribution in [0.2, 0.25) is 0 Å². The first-order valence-corrected chi connectivity index (χ1v) is 4.44. The van der Waals surface area contributed by atoms with Gasteiger partial charge in [0.25, 0.3) is 5.91 Å². The third-order valence-corrected chi connectivity index (χ3v) is 2.94. The number of carbonyl (C=O) groups excluding carboxylic acids is 1. The van der Waals surface area contributed by atoms with Crippen LogP contribution in [0.15, 0.2) is 24.3 Å². The first-order chi connectivity index (χ1) is 6.29. The van der Waals surface area contributed by atoms with Crippen LogP contribution in [0.3, 0.4) is 0 Å². The molecule has 0 bridgehead atoms. The summed E-state index contributed by atoms with van der Waals surface area (Å²) in [5, 5.41) is 2.90. The smallest absolute Gasteiger partial charge is 0.251 e. The van der Waals surface area contributed by atoms with E-state index in [-0.39, 0.29) is 18.0 Å². The lowest BCUT2D eigenvalue weighted by Crippen LogP contribution is -2.32. The van der Waals surface area contributed by atoms with Crippen molar-refractivity contribution in [2.24, 2.45) is 5.73 Å². The van der Waals surface area contributed by atoms with Crippen LogP contribution in [0.25, 0.3) is 0 Å². The van der Waals surface area contributed by atoms with Gasteiger partial charge in [0.2, 0.25) is 0 Å². The molecule has 3 atom stereocenters. The molecule has 0 aromatic heterocycles. The van der Waals surface area contributed by atoms with Crippen molar-refractivity contribution in [3.63, 3.8) is 0 Å². The minimum Gasteiger partial charge on any atom is -0.347 e. The zero-order valence-electron chi connectivity index (χ0n) is 7.03. The number of hydrogen-bond donors (Lipinski definition) is 2. The Morgan fingerprint density at radius 2 is 2.08 bits per heavy atom. The van der Waals surface area contributed by atoms with Crippen LogP contribution in [-0.4, -0.2) is 18.0 Å². The van der Waals surface area contributed by atoms with Crippen molar-refractivity contribution in [2.75, 3.05) is 0 Å². The molecule has 3 nitrogen and oxygen atoms in total. The van der Waals surface area contributed by atoms with Gasteiger partial charge in [-0.1, -0.05) is 18.2 Å². The lowest BCUT2D eigenvalue weighted by Gasteiger charge is -2.14. The van der Waals surface area contributed by atoms with Crippen molar-refractivity contribution < 1.29 is 4.79 Å². The summed E-state index contributed by atoms with van der Waals surface area (Å²) in [5.41, 5.74) is 7.74. The Hall–Kier alpha value is -1.35. The van der Waals surface area contributed by atoms with Gasteiger partial charge in [-0.15, -0.1) is 0 Å². The highest BCUT2D eigenvalue weighted by atomic mass is 16.1. The molecule has 3 heteroatoms. The monoisotopic (exact) mass is 174 g/mol. The van der Waals surface area contributed by atoms with Crippen LogP contribution in [0.4, 0.5) is 0 Å². The second kappa shape index (κ2) is 2.12. The topological polar surface area (TPSA) is 55.1 Å². The molecule has 66 valence electrons. The van der Waals surface area contributed by atoms with Crippen LogP contribution in [0.1, 0.15) is 21.8 Å². The molecule has 3 rings (SSSR count). The number of hydrogen-bond acceptors (Lipinski definition) is 2. The molecule has 1 aromatic carbocycles. The number of benzene rings is 1. The van der Waals surface area contributed by atoms with Crippen LogP contribution in [-0.2, 0) is 0 Å². The number of carbonyl (C=O) groups is 1. The van der Waals surface area contributed by atoms with Crippen molar-refractivity contribution in [3.8, 4) is 0 Å². The van der Waals surface area contributed by atoms with E-state index in [2.05, 4.69) is 5.32 Å². The summed E-state index contributed by atoms with van der Waals surface area (Å²) in [4.78, 5) is 11.5. The fourth-order valence-electron chi connectivity index (χ4n) is 2.14. The van der Waals surface area contributed by atoms with E-state index in [4.69, 9.17) is 5.73 Å². The molecule has 0 radical (unpaired) electrons. The molecular formula is C10H10N2O. The van der Waals surface area contributed by atoms with E-state index in [1.54, 1.807) is 0 Å². The molecule has 0 spiro atoms. The number of nitrogens with two attached hydrogens (primary N) is 1. The molecule has 3 N–H and O–H groups in total. The highest BCUT2D eigenvalue weighted by molar-refractivity contribution is 5.98. The minimum atomic E-state index is 0.0183. The zero-order valence-corrected chi connectivity index (χ0v) is 7.03. The normalized spacial score (nSPS) is 34.5. The van der Waals surface area contributed by atoms with Gasteiger partial charge >= 0.3 is 0 Å². The first kappa shape index (κ1) is 7.09. The zero-order chi connectivity index (χ0) is 9.00. The summed E-state index contributed by atoms with van der Waals surface area (Å²) in [7, 11) is 0. The van der Waals surface area contributed by atoms with E-state index in [0.717, 1.165) is 11.1 Å². The highest BCUT2D eigenvalue weighted by Crippen LogP contribution is 2.43. The largest absolute Gasteiger partial charge is 0.347 e. The van der Waals surface area contributed by atoms with Crippen LogP contribution in [0, 0.1) is 0 Å². The molecular weight excluding hydrogens is 164 g/mol. The Bertz CT molecular complexity index is 388. The first-order valence-electron chi connectivity index (χ1n) is 4.44. The van der Waals surface area contributed by atoms with Gasteiger partial charge in [-0.2, -0.15) is 0 Å². The molecule has 13 heavy (non-hydrogen) atoms. The number of nitrogens with one attached hydrogen (secondary N) is 1. The molecule has 1 heterocycles. The molecule has 3 unspecified atom stereocenters. The Morgan fingerprint density at radius 3 is 2.92 bits per heavy atom. The quantitative estimate of drug-likeness (QED) is 0.591. The SMILES string of the molecule is NC1C2NC(=O)c3ccccc3C12. The lowest BCUT2D eigenvalue weighted by atomic mass is 10.00. The maximum Gasteiger partial charge on any atom is 0.251 e. The van der Waals surface area contributed by atoms with E-state index in [0.29, 0.717) is 5.92 Å². The Labute approximate surface area is 75.9 Å². The second-order valence-electron chi connectivity index (χ2n) is 3.69. The Morgan fingerprint density at radius 1 is 1.31 bits per heavy atom. The van der Waals surface area contributed by atoms with Crippen molar-refractivity contribution in [2.45, 2.75) is 18.0 Å². The fraction of sp³-hybridized carbons (Fsp3) is 0.300. The maximum absolute atomic E-state index is 11.5. The van der Waals surface area contributed by atoms with Gasteiger partial charge in [-0.25, -0.2) is 0 Å². The maximum atomic E-state index is 11.5. The third-order valence-electron chi connectivity index (χ3n) is 2.94. The van der Waals surface area contributed by atoms with Gasteiger partial charge in [-0.05, 0) is 11.6 Å². The summed E-state index contributed by atoms with van der Waals surface area (Å²) in [5.74, 6) is 0.374. The van der Waals surface area contributed by atoms with Crippen molar-refractivity contribution >= 4 is 5.91 Å². The van der Waals surface area contributed by atoms with Gasteiger partial charge in [-0.3, -0.25) is 4.79 Å². The molecule has 1 aliphatic carbocycles. The molecule has 2 aliphatic rings. The standard InChI is InChI=1S/C10H10N2O/c11-8-7-5-3-1-2-4-6(5)10(13)12-9(7)8/h1-4,7-9H,11H2,(H,12,13). The van der Waals surface area contributed by atoms with E-state index in [1.165, 1.54) is 0 Å². The van der Waals surface area contributed by atoms with Crippen molar-refractivity contribution in [1.29, 1.82) is 0 Å². The van der Waals surface area contributed by atoms with Crippen molar-refractivity contribution in [1.82, 2.24) is 5.32 Å². The molecule has 1 aromatic rings. The number of rotatable bonds is 0. The molecule has 1 amide bonds. The summed E-state index contributed by atoms with van der Waals surface area (Å²) >= 11 is 0. The predicted octanol–water partition coefficient (Wildman–Crippen LogP) is 0.223. The average Bonchev–Trinajstić information content (AvgIpc) is 2.78. The van der Waals surface area contributed by atoms with Gasteiger partial charge in [0.1, 0.15) is 0 Å². The number of fused-ring (bicyclic) bond motifs is 3. The summed E-state index contributed by atoms with van der Waals surface area (Å²) in [6, 6.07) is 7.99. The van der Waals surface area contributed by atoms with E-state index >= 15 is 0 Å². The van der Waals surface area contributed by atoms with Crippen LogP contribution >= 0.6 is 0 Å². The predicted molar refractivity (Wildman–Crippen MR) is 48.4 cm³/mol. The highest BCUT2D eigenvalue weighted by Gasteiger charge is 2.53. The van der Waals surface area contributed by atoms with E-state index in [1.807, 2.05) is 24.3 Å². The molecule has 1 aliphatic heterocycles. The molecule has 1 saturated carbocycles. The van der Waals surface area contributed by atoms with Crippen molar-refractivity contribution in [3.05, 3.63) is 35.4 Å². The van der Waals surface area contributed by atoms with Crippen LogP contribution < -0.4 is 11.1 Å². The van der Waals surface area contributed by atoms with Gasteiger partial charge in [0.15, 0.2) is 0 Å². The average molecular weight is 174 g/mol. The second-order valence-corrected chi connectivity index (χ2v) is 3.69. The molecule has 1 fully saturated rings. The summed E-state index contributed by atoms with van der Waals surface area (Å²) in [6.45, 7) is 0. The van der Waals surface area contributed by atoms with E-state index in [9.17, 15) is 4.79 Å². The third kappa shape index (κ3) is 0.795.